The number of furan rings is 1. The van der Waals surface area contributed by atoms with Crippen LogP contribution in [0.5, 0.6) is 0 Å². The van der Waals surface area contributed by atoms with Gasteiger partial charge in [0.15, 0.2) is 0 Å². The van der Waals surface area contributed by atoms with Gasteiger partial charge in [-0.1, -0.05) is 132 Å². The van der Waals surface area contributed by atoms with E-state index in [2.05, 4.69) is 160 Å². The van der Waals surface area contributed by atoms with Crippen LogP contribution < -0.4 is 0 Å². The van der Waals surface area contributed by atoms with Crippen LogP contribution in [0.25, 0.3) is 82.7 Å². The van der Waals surface area contributed by atoms with Crippen molar-refractivity contribution in [3.8, 4) is 28.2 Å². The van der Waals surface area contributed by atoms with Gasteiger partial charge in [0.05, 0.1) is 22.3 Å². The van der Waals surface area contributed by atoms with Gasteiger partial charge in [-0.2, -0.15) is 0 Å². The molecule has 0 bridgehead atoms. The molecule has 3 nitrogen and oxygen atoms in total. The smallest absolute Gasteiger partial charge is 0.149 e. The fourth-order valence-corrected chi connectivity index (χ4v) is 9.15. The molecule has 266 valence electrons. The Hall–Kier alpha value is -5.67. The summed E-state index contributed by atoms with van der Waals surface area (Å²) in [4.78, 5) is 5.47. The number of aromatic nitrogens is 2. The van der Waals surface area contributed by atoms with Gasteiger partial charge < -0.3 is 4.42 Å². The van der Waals surface area contributed by atoms with E-state index in [4.69, 9.17) is 9.40 Å². The quantitative estimate of drug-likeness (QED) is 0.161. The first-order valence-corrected chi connectivity index (χ1v) is 19.8. The van der Waals surface area contributed by atoms with E-state index in [0.717, 1.165) is 75.6 Å². The van der Waals surface area contributed by atoms with Crippen LogP contribution in [0.1, 0.15) is 95.6 Å². The average Bonchev–Trinajstić information content (AvgIpc) is 3.78. The van der Waals surface area contributed by atoms with E-state index in [9.17, 15) is 1.37 Å². The maximum atomic E-state index is 9.95. The Kier molecular flexibility index (Phi) is 7.67. The summed E-state index contributed by atoms with van der Waals surface area (Å²) in [5.41, 5.74) is 12.0. The van der Waals surface area contributed by atoms with Crippen LogP contribution >= 0.6 is 0 Å². The van der Waals surface area contributed by atoms with Crippen molar-refractivity contribution in [3.63, 3.8) is 0 Å². The van der Waals surface area contributed by atoms with Crippen LogP contribution in [0.4, 0.5) is 0 Å². The number of hydrogen-bond acceptors (Lipinski definition) is 2. The summed E-state index contributed by atoms with van der Waals surface area (Å²) in [7, 11) is 0. The highest BCUT2D eigenvalue weighted by molar-refractivity contribution is 6.18. The van der Waals surface area contributed by atoms with Crippen LogP contribution in [-0.2, 0) is 0 Å². The molecule has 2 heterocycles. The lowest BCUT2D eigenvalue weighted by Gasteiger charge is -2.25. The predicted molar refractivity (Wildman–Crippen MR) is 228 cm³/mol. The second-order valence-corrected chi connectivity index (χ2v) is 15.9. The van der Waals surface area contributed by atoms with Gasteiger partial charge in [-0.15, -0.1) is 0 Å². The van der Waals surface area contributed by atoms with Crippen LogP contribution in [0.3, 0.4) is 0 Å². The fourth-order valence-electron chi connectivity index (χ4n) is 9.15. The Labute approximate surface area is 318 Å². The van der Waals surface area contributed by atoms with Gasteiger partial charge in [0.25, 0.3) is 0 Å². The number of rotatable bonds is 6. The lowest BCUT2D eigenvalue weighted by atomic mass is 9.81. The van der Waals surface area contributed by atoms with E-state index in [1.807, 2.05) is 0 Å². The monoisotopic (exact) mass is 703 g/mol. The third kappa shape index (κ3) is 5.28. The van der Waals surface area contributed by atoms with Crippen molar-refractivity contribution in [3.05, 3.63) is 144 Å². The highest BCUT2D eigenvalue weighted by Gasteiger charge is 2.28. The van der Waals surface area contributed by atoms with Crippen molar-refractivity contribution in [2.45, 2.75) is 77.5 Å². The van der Waals surface area contributed by atoms with E-state index in [1.165, 1.54) is 55.9 Å². The van der Waals surface area contributed by atoms with Gasteiger partial charge in [-0.3, -0.25) is 4.57 Å². The first-order valence-electron chi connectivity index (χ1n) is 20.3. The Morgan fingerprint density at radius 1 is 0.648 bits per heavy atom. The van der Waals surface area contributed by atoms with Crippen molar-refractivity contribution in [1.82, 2.24) is 9.55 Å². The third-order valence-corrected chi connectivity index (χ3v) is 11.9. The zero-order chi connectivity index (χ0) is 37.4. The normalized spacial score (nSPS) is 15.0. The fraction of sp³-hybridized carbons (Fsp3) is 0.235. The summed E-state index contributed by atoms with van der Waals surface area (Å²) < 4.78 is 19.5. The van der Waals surface area contributed by atoms with Gasteiger partial charge in [-0.25, -0.2) is 4.98 Å². The van der Waals surface area contributed by atoms with E-state index < -0.39 is 5.89 Å². The summed E-state index contributed by atoms with van der Waals surface area (Å²) in [5.74, 6) is 0.712. The van der Waals surface area contributed by atoms with Gasteiger partial charge in [0.1, 0.15) is 17.0 Å². The van der Waals surface area contributed by atoms with Crippen molar-refractivity contribution < 1.29 is 5.79 Å². The molecule has 0 aliphatic heterocycles. The van der Waals surface area contributed by atoms with E-state index in [1.54, 1.807) is 0 Å². The SMILES string of the molecule is [2H]C1(c2ccc(-c3nc4ccccc4n3-c3c(C(C)C)cc(-c4ccccc4)cc3C(C)C)c3oc4cc5c(ccc6ccccc65)cc4c23)CCCCC1. The minimum atomic E-state index is -0.673. The van der Waals surface area contributed by atoms with Gasteiger partial charge in [0, 0.05) is 12.1 Å². The number of hydrogen-bond donors (Lipinski definition) is 0. The number of nitrogens with zero attached hydrogens (tertiary/aromatic N) is 2. The van der Waals surface area contributed by atoms with Crippen molar-refractivity contribution in [2.24, 2.45) is 0 Å². The van der Waals surface area contributed by atoms with Crippen molar-refractivity contribution in [2.75, 3.05) is 0 Å². The lowest BCUT2D eigenvalue weighted by Crippen LogP contribution is -2.10. The van der Waals surface area contributed by atoms with Crippen LogP contribution in [0.2, 0.25) is 0 Å². The maximum absolute atomic E-state index is 9.95. The first kappa shape index (κ1) is 31.8. The largest absolute Gasteiger partial charge is 0.455 e. The Morgan fingerprint density at radius 3 is 2.13 bits per heavy atom. The zero-order valence-corrected chi connectivity index (χ0v) is 31.6. The summed E-state index contributed by atoms with van der Waals surface area (Å²) in [5, 5.41) is 6.93. The molecule has 1 aliphatic rings. The molecule has 0 unspecified atom stereocenters. The minimum absolute atomic E-state index is 0.260. The standard InChI is InChI=1S/C51H46N2O/c1-31(2)41-28-37(33-15-7-5-8-16-33)29-42(32(3)4)49(41)53-46-22-14-13-21-45(46)52-51(53)40-26-25-39(34-17-9-6-10-18-34)48-44-27-36-24-23-35-19-11-12-20-38(35)43(36)30-47(44)54-50(40)48/h5,7-8,11-16,19-32,34H,6,9-10,17-18H2,1-4H3/i34D. The summed E-state index contributed by atoms with van der Waals surface area (Å²) in [6, 6.07) is 46.1. The Bertz CT molecular complexity index is 2900. The molecule has 1 fully saturated rings. The molecule has 0 saturated heterocycles. The molecule has 7 aromatic carbocycles. The topological polar surface area (TPSA) is 31.0 Å². The van der Waals surface area contributed by atoms with E-state index in [-0.39, 0.29) is 11.8 Å². The molecule has 54 heavy (non-hydrogen) atoms. The molecule has 0 N–H and O–H groups in total. The number of para-hydroxylation sites is 2. The molecule has 1 aliphatic carbocycles. The molecule has 0 radical (unpaired) electrons. The number of imidazole rings is 1. The second kappa shape index (κ2) is 13.0. The zero-order valence-electron chi connectivity index (χ0n) is 32.6. The summed E-state index contributed by atoms with van der Waals surface area (Å²) in [6.45, 7) is 9.20. The number of benzene rings is 7. The van der Waals surface area contributed by atoms with E-state index in [0.29, 0.717) is 0 Å². The molecule has 10 rings (SSSR count). The maximum Gasteiger partial charge on any atom is 0.149 e. The van der Waals surface area contributed by atoms with Crippen LogP contribution in [0, 0.1) is 0 Å². The minimum Gasteiger partial charge on any atom is -0.455 e. The van der Waals surface area contributed by atoms with E-state index >= 15 is 0 Å². The molecular weight excluding hydrogens is 657 g/mol. The Morgan fingerprint density at radius 2 is 1.35 bits per heavy atom. The molecule has 2 aromatic heterocycles. The molecule has 0 amide bonds. The van der Waals surface area contributed by atoms with Crippen LogP contribution in [-0.4, -0.2) is 9.55 Å². The van der Waals surface area contributed by atoms with Gasteiger partial charge in [0.2, 0.25) is 0 Å². The average molecular weight is 704 g/mol. The predicted octanol–water partition coefficient (Wildman–Crippen LogP) is 14.9. The van der Waals surface area contributed by atoms with Gasteiger partial charge in [-0.05, 0) is 122 Å². The molecule has 3 heteroatoms. The van der Waals surface area contributed by atoms with Crippen molar-refractivity contribution >= 4 is 54.5 Å². The Balaban J connectivity index is 1.31. The first-order chi connectivity index (χ1) is 26.8. The molecule has 1 saturated carbocycles. The van der Waals surface area contributed by atoms with Gasteiger partial charge >= 0.3 is 0 Å². The molecular formula is C51H46N2O. The van der Waals surface area contributed by atoms with Crippen LogP contribution in [0.15, 0.2) is 132 Å². The number of fused-ring (bicyclic) bond motifs is 7. The highest BCUT2D eigenvalue weighted by atomic mass is 16.3. The lowest BCUT2D eigenvalue weighted by molar-refractivity contribution is 0.445. The highest BCUT2D eigenvalue weighted by Crippen LogP contribution is 2.47. The third-order valence-electron chi connectivity index (χ3n) is 11.9. The summed E-state index contributed by atoms with van der Waals surface area (Å²) in [6.07, 6.45) is 5.04. The molecule has 0 atom stereocenters. The van der Waals surface area contributed by atoms with Crippen molar-refractivity contribution in [1.29, 1.82) is 0 Å². The summed E-state index contributed by atoms with van der Waals surface area (Å²) >= 11 is 0. The second-order valence-electron chi connectivity index (χ2n) is 15.9. The molecule has 0 spiro atoms. The molecule has 9 aromatic rings.